The number of hydrogen-bond donors (Lipinski definition) is 0. The average molecular weight is 393 g/mol. The second-order valence-corrected chi connectivity index (χ2v) is 7.06. The van der Waals surface area contributed by atoms with Gasteiger partial charge in [-0.3, -0.25) is 4.79 Å². The maximum Gasteiger partial charge on any atom is 0.573 e. The lowest BCUT2D eigenvalue weighted by Crippen LogP contribution is -2.30. The topological polar surface area (TPSA) is 47.4 Å². The molecule has 1 saturated heterocycles. The number of amides is 1. The molecule has 0 spiro atoms. The van der Waals surface area contributed by atoms with Crippen LogP contribution in [0.5, 0.6) is 5.75 Å². The van der Waals surface area contributed by atoms with Gasteiger partial charge in [-0.15, -0.1) is 24.9 Å². The smallest absolute Gasteiger partial charge is 0.406 e. The van der Waals surface area contributed by atoms with Crippen LogP contribution in [0, 0.1) is 0 Å². The molecular formula is C18H14F3N3O2S. The van der Waals surface area contributed by atoms with E-state index in [4.69, 9.17) is 0 Å². The first-order valence-corrected chi connectivity index (χ1v) is 9.12. The lowest BCUT2D eigenvalue weighted by Gasteiger charge is -2.25. The lowest BCUT2D eigenvalue weighted by molar-refractivity contribution is -0.274. The third-order valence-electron chi connectivity index (χ3n) is 4.20. The Morgan fingerprint density at radius 3 is 2.63 bits per heavy atom. The van der Waals surface area contributed by atoms with Crippen LogP contribution >= 0.6 is 11.8 Å². The fraction of sp³-hybridized carbons (Fsp3) is 0.222. The number of benzene rings is 2. The molecule has 1 aromatic heterocycles. The number of nitrogens with zero attached hydrogens (tertiary/aromatic N) is 3. The van der Waals surface area contributed by atoms with Crippen molar-refractivity contribution in [2.24, 2.45) is 0 Å². The third-order valence-corrected chi connectivity index (χ3v) is 5.46. The normalized spacial score (nSPS) is 17.7. The number of aromatic nitrogens is 2. The highest BCUT2D eigenvalue weighted by Crippen LogP contribution is 2.40. The van der Waals surface area contributed by atoms with Gasteiger partial charge in [-0.25, -0.2) is 4.98 Å². The highest BCUT2D eigenvalue weighted by Gasteiger charge is 2.34. The van der Waals surface area contributed by atoms with Gasteiger partial charge in [0.05, 0.1) is 23.1 Å². The molecule has 0 aliphatic carbocycles. The van der Waals surface area contributed by atoms with Crippen molar-refractivity contribution in [1.82, 2.24) is 14.5 Å². The molecule has 1 amide bonds. The van der Waals surface area contributed by atoms with Gasteiger partial charge in [0.1, 0.15) is 17.8 Å². The summed E-state index contributed by atoms with van der Waals surface area (Å²) in [5.74, 6) is 0.00379. The van der Waals surface area contributed by atoms with Crippen LogP contribution < -0.4 is 4.74 Å². The second kappa shape index (κ2) is 6.80. The summed E-state index contributed by atoms with van der Waals surface area (Å²) < 4.78 is 42.7. The van der Waals surface area contributed by atoms with Gasteiger partial charge in [0, 0.05) is 0 Å². The van der Waals surface area contributed by atoms with Crippen molar-refractivity contribution in [2.45, 2.75) is 18.4 Å². The number of rotatable bonds is 4. The summed E-state index contributed by atoms with van der Waals surface area (Å²) in [6.45, 7) is 0.317. The minimum Gasteiger partial charge on any atom is -0.406 e. The van der Waals surface area contributed by atoms with Crippen molar-refractivity contribution in [3.63, 3.8) is 0 Å². The van der Waals surface area contributed by atoms with E-state index in [0.717, 1.165) is 16.6 Å². The number of ether oxygens (including phenoxy) is 1. The number of para-hydroxylation sites is 2. The Hall–Kier alpha value is -2.68. The van der Waals surface area contributed by atoms with Crippen molar-refractivity contribution in [2.75, 3.05) is 5.75 Å². The predicted molar refractivity (Wildman–Crippen MR) is 94.9 cm³/mol. The summed E-state index contributed by atoms with van der Waals surface area (Å²) in [6, 6.07) is 13.2. The molecule has 3 aromatic rings. The molecule has 1 fully saturated rings. The molecule has 27 heavy (non-hydrogen) atoms. The highest BCUT2D eigenvalue weighted by atomic mass is 32.2. The third kappa shape index (κ3) is 3.73. The molecule has 0 saturated carbocycles. The van der Waals surface area contributed by atoms with Gasteiger partial charge in [-0.05, 0) is 29.8 Å². The summed E-state index contributed by atoms with van der Waals surface area (Å²) in [7, 11) is 0. The van der Waals surface area contributed by atoms with Crippen LogP contribution in [0.2, 0.25) is 0 Å². The van der Waals surface area contributed by atoms with Crippen molar-refractivity contribution in [1.29, 1.82) is 0 Å². The molecule has 1 unspecified atom stereocenters. The number of carbonyl (C=O) groups excluding carboxylic acids is 1. The number of imidazole rings is 1. The van der Waals surface area contributed by atoms with Crippen molar-refractivity contribution in [3.8, 4) is 5.75 Å². The van der Waals surface area contributed by atoms with Crippen LogP contribution in [0.15, 0.2) is 54.9 Å². The standard InChI is InChI=1S/C18H14F3N3O2S/c19-18(20,21)26-13-7-5-12(6-8-13)17-24(16(25)9-27-17)11-23-10-22-14-3-1-2-4-15(14)23/h1-8,10,17H,9,11H2. The number of thioether (sulfide) groups is 1. The lowest BCUT2D eigenvalue weighted by atomic mass is 10.2. The van der Waals surface area contributed by atoms with E-state index < -0.39 is 6.36 Å². The van der Waals surface area contributed by atoms with Gasteiger partial charge in [-0.1, -0.05) is 24.3 Å². The van der Waals surface area contributed by atoms with Gasteiger partial charge >= 0.3 is 6.36 Å². The van der Waals surface area contributed by atoms with Crippen molar-refractivity contribution >= 4 is 28.7 Å². The monoisotopic (exact) mass is 393 g/mol. The van der Waals surface area contributed by atoms with E-state index in [9.17, 15) is 18.0 Å². The van der Waals surface area contributed by atoms with Crippen LogP contribution in [0.1, 0.15) is 10.9 Å². The minimum atomic E-state index is -4.73. The second-order valence-electron chi connectivity index (χ2n) is 5.99. The summed E-state index contributed by atoms with van der Waals surface area (Å²) in [6.07, 6.45) is -3.05. The molecule has 0 radical (unpaired) electrons. The van der Waals surface area contributed by atoms with Crippen LogP contribution in [0.4, 0.5) is 13.2 Å². The fourth-order valence-corrected chi connectivity index (χ4v) is 4.18. The zero-order chi connectivity index (χ0) is 19.0. The zero-order valence-corrected chi connectivity index (χ0v) is 14.7. The Balaban J connectivity index is 1.56. The maximum absolute atomic E-state index is 12.4. The van der Waals surface area contributed by atoms with Crippen LogP contribution in [-0.2, 0) is 11.5 Å². The Bertz CT molecular complexity index is 972. The fourth-order valence-electron chi connectivity index (χ4n) is 3.00. The van der Waals surface area contributed by atoms with Crippen molar-refractivity contribution in [3.05, 3.63) is 60.4 Å². The van der Waals surface area contributed by atoms with Crippen LogP contribution in [-0.4, -0.2) is 32.5 Å². The summed E-state index contributed by atoms with van der Waals surface area (Å²) in [5.41, 5.74) is 2.49. The summed E-state index contributed by atoms with van der Waals surface area (Å²) >= 11 is 1.44. The summed E-state index contributed by atoms with van der Waals surface area (Å²) in [5, 5.41) is -0.279. The average Bonchev–Trinajstić information content (AvgIpc) is 3.19. The SMILES string of the molecule is O=C1CSC(c2ccc(OC(F)(F)F)cc2)N1Cn1cnc2ccccc21. The maximum atomic E-state index is 12.4. The largest absolute Gasteiger partial charge is 0.573 e. The number of fused-ring (bicyclic) bond motifs is 1. The number of carbonyl (C=O) groups is 1. The zero-order valence-electron chi connectivity index (χ0n) is 13.9. The quantitative estimate of drug-likeness (QED) is 0.668. The van der Waals surface area contributed by atoms with E-state index in [-0.39, 0.29) is 17.0 Å². The number of hydrogen-bond acceptors (Lipinski definition) is 4. The molecular weight excluding hydrogens is 379 g/mol. The molecule has 4 rings (SSSR count). The van der Waals surface area contributed by atoms with E-state index in [1.165, 1.54) is 23.9 Å². The molecule has 1 aliphatic rings. The van der Waals surface area contributed by atoms with Gasteiger partial charge in [0.15, 0.2) is 0 Å². The van der Waals surface area contributed by atoms with Crippen LogP contribution in [0.3, 0.4) is 0 Å². The first-order valence-electron chi connectivity index (χ1n) is 8.07. The van der Waals surface area contributed by atoms with E-state index >= 15 is 0 Å². The number of alkyl halides is 3. The first kappa shape index (κ1) is 17.7. The Kier molecular flexibility index (Phi) is 4.47. The molecule has 1 aliphatic heterocycles. The van der Waals surface area contributed by atoms with Gasteiger partial charge in [-0.2, -0.15) is 0 Å². The highest BCUT2D eigenvalue weighted by molar-refractivity contribution is 8.00. The minimum absolute atomic E-state index is 0.0293. The van der Waals surface area contributed by atoms with E-state index in [2.05, 4.69) is 9.72 Å². The van der Waals surface area contributed by atoms with Gasteiger partial charge < -0.3 is 14.2 Å². The molecule has 2 heterocycles. The van der Waals surface area contributed by atoms with E-state index in [0.29, 0.717) is 12.4 Å². The van der Waals surface area contributed by atoms with Gasteiger partial charge in [0.25, 0.3) is 0 Å². The Labute approximate surface area is 156 Å². The van der Waals surface area contributed by atoms with Crippen molar-refractivity contribution < 1.29 is 22.7 Å². The molecule has 1 atom stereocenters. The molecule has 0 N–H and O–H groups in total. The van der Waals surface area contributed by atoms with E-state index in [1.807, 2.05) is 28.8 Å². The summed E-state index contributed by atoms with van der Waals surface area (Å²) in [4.78, 5) is 18.4. The molecule has 140 valence electrons. The first-order chi connectivity index (χ1) is 12.9. The molecule has 0 bridgehead atoms. The molecule has 2 aromatic carbocycles. The van der Waals surface area contributed by atoms with Crippen LogP contribution in [0.25, 0.3) is 11.0 Å². The molecule has 5 nitrogen and oxygen atoms in total. The number of halogens is 3. The Morgan fingerprint density at radius 2 is 1.89 bits per heavy atom. The van der Waals surface area contributed by atoms with E-state index in [1.54, 1.807) is 23.4 Å². The molecule has 9 heteroatoms. The Morgan fingerprint density at radius 1 is 1.15 bits per heavy atom. The predicted octanol–water partition coefficient (Wildman–Crippen LogP) is 4.17. The van der Waals surface area contributed by atoms with Gasteiger partial charge in [0.2, 0.25) is 5.91 Å².